The Morgan fingerprint density at radius 1 is 1.00 bits per heavy atom. The van der Waals surface area contributed by atoms with Crippen molar-refractivity contribution >= 4 is 33.3 Å². The maximum atomic E-state index is 13.1. The number of aryl methyl sites for hydroxylation is 1. The van der Waals surface area contributed by atoms with Crippen LogP contribution in [0.3, 0.4) is 0 Å². The summed E-state index contributed by atoms with van der Waals surface area (Å²) in [6.07, 6.45) is 7.93. The number of nitrogens with zero attached hydrogens (tertiary/aromatic N) is 3. The smallest absolute Gasteiger partial charge is 0.267 e. The number of nitrogens with two attached hydrogens (primary N) is 2. The van der Waals surface area contributed by atoms with Gasteiger partial charge in [0.2, 0.25) is 5.91 Å². The lowest BCUT2D eigenvalue weighted by Gasteiger charge is -2.07. The SMILES string of the molecule is Cn1cc(-c2ccc(S(=O)(=O)n3ccc(/C=C(\C(N)=O)c4ccccc4N)c3)cc2)cn1. The average molecular weight is 448 g/mol. The molecule has 8 nitrogen and oxygen atoms in total. The summed E-state index contributed by atoms with van der Waals surface area (Å²) < 4.78 is 28.9. The average Bonchev–Trinajstić information content (AvgIpc) is 3.42. The Hall–Kier alpha value is -4.11. The van der Waals surface area contributed by atoms with E-state index in [0.717, 1.165) is 15.1 Å². The van der Waals surface area contributed by atoms with Gasteiger partial charge in [-0.2, -0.15) is 5.10 Å². The number of carbonyl (C=O) groups is 1. The number of benzene rings is 2. The molecule has 4 rings (SSSR count). The molecule has 0 unspecified atom stereocenters. The number of aromatic nitrogens is 3. The van der Waals surface area contributed by atoms with Crippen molar-refractivity contribution in [2.24, 2.45) is 12.8 Å². The molecule has 1 amide bonds. The van der Waals surface area contributed by atoms with E-state index in [1.165, 1.54) is 18.5 Å². The van der Waals surface area contributed by atoms with E-state index in [-0.39, 0.29) is 10.5 Å². The van der Waals surface area contributed by atoms with Crippen molar-refractivity contribution in [1.82, 2.24) is 13.8 Å². The van der Waals surface area contributed by atoms with Gasteiger partial charge in [0.1, 0.15) is 0 Å². The van der Waals surface area contributed by atoms with Crippen LogP contribution in [0.2, 0.25) is 0 Å². The number of para-hydroxylation sites is 1. The number of hydrogen-bond donors (Lipinski definition) is 2. The van der Waals surface area contributed by atoms with Crippen LogP contribution in [-0.2, 0) is 21.9 Å². The van der Waals surface area contributed by atoms with Crippen molar-refractivity contribution in [1.29, 1.82) is 0 Å². The summed E-state index contributed by atoms with van der Waals surface area (Å²) in [5.41, 5.74) is 14.8. The molecule has 4 N–H and O–H groups in total. The molecule has 2 heterocycles. The number of anilines is 1. The fourth-order valence-electron chi connectivity index (χ4n) is 3.33. The highest BCUT2D eigenvalue weighted by Crippen LogP contribution is 2.25. The molecule has 0 bridgehead atoms. The van der Waals surface area contributed by atoms with Crippen LogP contribution in [0, 0.1) is 0 Å². The lowest BCUT2D eigenvalue weighted by atomic mass is 10.0. The van der Waals surface area contributed by atoms with Gasteiger partial charge in [-0.05, 0) is 41.5 Å². The van der Waals surface area contributed by atoms with Crippen LogP contribution in [0.25, 0.3) is 22.8 Å². The second-order valence-corrected chi connectivity index (χ2v) is 9.06. The highest BCUT2D eigenvalue weighted by molar-refractivity contribution is 7.90. The Labute approximate surface area is 185 Å². The minimum absolute atomic E-state index is 0.138. The standard InChI is InChI=1S/C23H21N5O3S/c1-27-15-18(13-26-27)17-6-8-19(9-7-17)32(30,31)28-11-10-16(14-28)12-21(23(25)29)20-4-2-3-5-22(20)24/h2-15H,24H2,1H3,(H2,25,29)/b21-12-. The first-order valence-electron chi connectivity index (χ1n) is 9.65. The zero-order chi connectivity index (χ0) is 22.9. The van der Waals surface area contributed by atoms with Crippen molar-refractivity contribution < 1.29 is 13.2 Å². The van der Waals surface area contributed by atoms with Gasteiger partial charge in [-0.25, -0.2) is 12.4 Å². The number of primary amides is 1. The highest BCUT2D eigenvalue weighted by atomic mass is 32.2. The largest absolute Gasteiger partial charge is 0.398 e. The predicted octanol–water partition coefficient (Wildman–Crippen LogP) is 2.73. The van der Waals surface area contributed by atoms with Gasteiger partial charge >= 0.3 is 0 Å². The van der Waals surface area contributed by atoms with E-state index in [4.69, 9.17) is 11.5 Å². The molecule has 9 heteroatoms. The summed E-state index contributed by atoms with van der Waals surface area (Å²) in [5, 5.41) is 4.13. The zero-order valence-electron chi connectivity index (χ0n) is 17.2. The summed E-state index contributed by atoms with van der Waals surface area (Å²) in [6.45, 7) is 0. The van der Waals surface area contributed by atoms with Crippen LogP contribution in [0.5, 0.6) is 0 Å². The van der Waals surface area contributed by atoms with Gasteiger partial charge in [-0.1, -0.05) is 30.3 Å². The van der Waals surface area contributed by atoms with Crippen molar-refractivity contribution in [3.05, 3.63) is 90.5 Å². The fraction of sp³-hybridized carbons (Fsp3) is 0.0435. The van der Waals surface area contributed by atoms with E-state index in [9.17, 15) is 13.2 Å². The minimum atomic E-state index is -3.82. The number of hydrogen-bond acceptors (Lipinski definition) is 5. The highest BCUT2D eigenvalue weighted by Gasteiger charge is 2.18. The number of amides is 1. The molecule has 0 aliphatic carbocycles. The second-order valence-electron chi connectivity index (χ2n) is 7.22. The monoisotopic (exact) mass is 447 g/mol. The number of nitrogen functional groups attached to an aromatic ring is 1. The number of carbonyl (C=O) groups excluding carboxylic acids is 1. The Bertz CT molecular complexity index is 1430. The van der Waals surface area contributed by atoms with Crippen LogP contribution in [-0.4, -0.2) is 28.1 Å². The van der Waals surface area contributed by atoms with Crippen molar-refractivity contribution in [2.45, 2.75) is 4.90 Å². The van der Waals surface area contributed by atoms with Gasteiger partial charge in [0.15, 0.2) is 0 Å². The molecule has 0 radical (unpaired) electrons. The summed E-state index contributed by atoms with van der Waals surface area (Å²) in [5.74, 6) is -0.663. The van der Waals surface area contributed by atoms with E-state index in [0.29, 0.717) is 16.8 Å². The zero-order valence-corrected chi connectivity index (χ0v) is 18.0. The molecule has 4 aromatic rings. The van der Waals surface area contributed by atoms with Crippen molar-refractivity contribution in [3.8, 4) is 11.1 Å². The minimum Gasteiger partial charge on any atom is -0.398 e. The molecule has 0 saturated carbocycles. The molecule has 162 valence electrons. The Balaban J connectivity index is 1.65. The molecule has 0 spiro atoms. The third-order valence-electron chi connectivity index (χ3n) is 4.99. The van der Waals surface area contributed by atoms with Gasteiger partial charge in [0, 0.05) is 48.0 Å². The summed E-state index contributed by atoms with van der Waals surface area (Å²) >= 11 is 0. The summed E-state index contributed by atoms with van der Waals surface area (Å²) in [4.78, 5) is 12.1. The normalized spacial score (nSPS) is 12.1. The Kier molecular flexibility index (Phi) is 5.41. The van der Waals surface area contributed by atoms with E-state index in [1.54, 1.807) is 65.5 Å². The van der Waals surface area contributed by atoms with Crippen molar-refractivity contribution in [2.75, 3.05) is 5.73 Å². The second kappa shape index (κ2) is 8.20. The quantitative estimate of drug-likeness (QED) is 0.347. The van der Waals surface area contributed by atoms with E-state index < -0.39 is 15.9 Å². The number of rotatable bonds is 6. The van der Waals surface area contributed by atoms with Crippen LogP contribution in [0.15, 0.2) is 84.3 Å². The molecular weight excluding hydrogens is 426 g/mol. The third kappa shape index (κ3) is 4.06. The van der Waals surface area contributed by atoms with E-state index in [1.807, 2.05) is 13.2 Å². The molecule has 0 saturated heterocycles. The molecule has 32 heavy (non-hydrogen) atoms. The maximum Gasteiger partial charge on any atom is 0.267 e. The molecular formula is C23H21N5O3S. The lowest BCUT2D eigenvalue weighted by molar-refractivity contribution is -0.112. The molecule has 0 atom stereocenters. The first-order chi connectivity index (χ1) is 15.3. The topological polar surface area (TPSA) is 126 Å². The molecule has 0 aliphatic heterocycles. The van der Waals surface area contributed by atoms with E-state index in [2.05, 4.69) is 5.10 Å². The maximum absolute atomic E-state index is 13.1. The molecule has 0 aliphatic rings. The van der Waals surface area contributed by atoms with Crippen LogP contribution >= 0.6 is 0 Å². The van der Waals surface area contributed by atoms with Gasteiger partial charge in [0.25, 0.3) is 10.0 Å². The van der Waals surface area contributed by atoms with Gasteiger partial charge in [-0.15, -0.1) is 0 Å². The first kappa shape index (κ1) is 21.1. The van der Waals surface area contributed by atoms with Crippen LogP contribution < -0.4 is 11.5 Å². The predicted molar refractivity (Wildman–Crippen MR) is 124 cm³/mol. The van der Waals surface area contributed by atoms with Gasteiger partial charge in [-0.3, -0.25) is 9.48 Å². The first-order valence-corrected chi connectivity index (χ1v) is 11.1. The summed E-state index contributed by atoms with van der Waals surface area (Å²) in [6, 6.07) is 15.0. The third-order valence-corrected chi connectivity index (χ3v) is 6.64. The molecule has 0 fully saturated rings. The molecule has 2 aromatic carbocycles. The lowest BCUT2D eigenvalue weighted by Crippen LogP contribution is -2.14. The van der Waals surface area contributed by atoms with Crippen LogP contribution in [0.4, 0.5) is 5.69 Å². The summed E-state index contributed by atoms with van der Waals surface area (Å²) in [7, 11) is -2.00. The Morgan fingerprint density at radius 3 is 2.34 bits per heavy atom. The molecule has 2 aromatic heterocycles. The fourth-order valence-corrected chi connectivity index (χ4v) is 4.53. The van der Waals surface area contributed by atoms with Gasteiger partial charge in [0.05, 0.1) is 11.1 Å². The van der Waals surface area contributed by atoms with Crippen molar-refractivity contribution in [3.63, 3.8) is 0 Å². The van der Waals surface area contributed by atoms with E-state index >= 15 is 0 Å². The van der Waals surface area contributed by atoms with Gasteiger partial charge < -0.3 is 11.5 Å². The van der Waals surface area contributed by atoms with Crippen LogP contribution in [0.1, 0.15) is 11.1 Å². The Morgan fingerprint density at radius 2 is 1.72 bits per heavy atom.